The van der Waals surface area contributed by atoms with Gasteiger partial charge < -0.3 is 52.6 Å². The highest BCUT2D eigenvalue weighted by atomic mass is 31.2. The molecular weight excluding hydrogens is 846 g/mol. The van der Waals surface area contributed by atoms with Gasteiger partial charge in [0, 0.05) is 37.0 Å². The van der Waals surface area contributed by atoms with E-state index >= 15 is 0 Å². The summed E-state index contributed by atoms with van der Waals surface area (Å²) in [5.41, 5.74) is 6.97. The van der Waals surface area contributed by atoms with Gasteiger partial charge in [-0.25, -0.2) is 9.59 Å². The first-order valence-electron chi connectivity index (χ1n) is 20.4. The molecule has 18 heteroatoms. The Kier molecular flexibility index (Phi) is 19.4. The minimum absolute atomic E-state index is 0.0661. The van der Waals surface area contributed by atoms with E-state index in [-0.39, 0.29) is 56.0 Å². The molecule has 4 rings (SSSR count). The van der Waals surface area contributed by atoms with E-state index in [1.54, 1.807) is 26.8 Å². The van der Waals surface area contributed by atoms with Gasteiger partial charge >= 0.3 is 19.5 Å². The van der Waals surface area contributed by atoms with E-state index < -0.39 is 35.4 Å². The van der Waals surface area contributed by atoms with Crippen LogP contribution in [0.2, 0.25) is 25.7 Å². The van der Waals surface area contributed by atoms with Crippen molar-refractivity contribution in [2.75, 3.05) is 53.4 Å². The van der Waals surface area contributed by atoms with Crippen molar-refractivity contribution in [3.05, 3.63) is 67.8 Å². The van der Waals surface area contributed by atoms with Gasteiger partial charge in [0.05, 0.1) is 40.1 Å². The van der Waals surface area contributed by atoms with Gasteiger partial charge in [-0.2, -0.15) is 0 Å². The Labute approximate surface area is 361 Å². The Balaban J connectivity index is 0.000000340. The zero-order valence-corrected chi connectivity index (χ0v) is 40.6. The molecule has 0 saturated heterocycles. The van der Waals surface area contributed by atoms with E-state index in [4.69, 9.17) is 47.5 Å². The standard InChI is InChI=1S/C26H43O7PSi.C17H23O8P/c1-10-20(15-30-17-34(6,28)33-18(2)3)11-12-21-24(29-5)19(4)22-16-32-26(27)23(22)25(21)31-13-14-35(7,8)9;1-4-11(7-24-9-26(20,21)22)5-6-12-15(18)14-13(8-25-17(14)19)10(2)16(12)23-3/h11,18H,10,12-17H2,1-9H3;5,18H,4,6-9H2,1-3H3,(H2,20,21,22)/b20-11+;11-5+. The molecule has 2 aliphatic heterocycles. The van der Waals surface area contributed by atoms with E-state index in [0.29, 0.717) is 54.2 Å². The number of ether oxygens (including phenoxy) is 7. The summed E-state index contributed by atoms with van der Waals surface area (Å²) in [4.78, 5) is 42.2. The number of cyclic esters (lactones) is 2. The van der Waals surface area contributed by atoms with E-state index in [1.807, 2.05) is 27.7 Å². The molecule has 61 heavy (non-hydrogen) atoms. The van der Waals surface area contributed by atoms with Gasteiger partial charge in [0.2, 0.25) is 7.37 Å². The summed E-state index contributed by atoms with van der Waals surface area (Å²) in [6.45, 7) is 21.2. The lowest BCUT2D eigenvalue weighted by molar-refractivity contribution is 0.0523. The minimum Gasteiger partial charge on any atom is -0.507 e. The fraction of sp³-hybridized carbons (Fsp3) is 0.581. The zero-order chi connectivity index (χ0) is 45.9. The number of esters is 2. The number of aromatic hydroxyl groups is 1. The van der Waals surface area contributed by atoms with Gasteiger partial charge in [-0.15, -0.1) is 0 Å². The maximum atomic E-state index is 12.6. The van der Waals surface area contributed by atoms with Crippen LogP contribution in [0.3, 0.4) is 0 Å². The second-order valence-electron chi connectivity index (χ2n) is 16.6. The Morgan fingerprint density at radius 3 is 1.74 bits per heavy atom. The van der Waals surface area contributed by atoms with Crippen molar-refractivity contribution in [3.8, 4) is 23.0 Å². The number of hydrogen-bond donors (Lipinski definition) is 3. The largest absolute Gasteiger partial charge is 0.507 e. The first-order chi connectivity index (χ1) is 28.5. The SMILES string of the molecule is CC/C(=C\Cc1c(O)c2c(c(C)c1OC)COC2=O)COCP(=O)(O)O.CC/C(=C\Cc1c(OC)c(C)c2c(c1OCC[Si](C)(C)C)C(=O)OC2)COCP(C)(=O)OC(C)C. The molecule has 1 unspecified atom stereocenters. The number of benzene rings is 2. The Morgan fingerprint density at radius 2 is 1.26 bits per heavy atom. The van der Waals surface area contributed by atoms with E-state index in [1.165, 1.54) is 7.11 Å². The van der Waals surface area contributed by atoms with E-state index in [9.17, 15) is 23.8 Å². The van der Waals surface area contributed by atoms with Gasteiger partial charge in [-0.05, 0) is 81.7 Å². The summed E-state index contributed by atoms with van der Waals surface area (Å²) < 4.78 is 67.5. The van der Waals surface area contributed by atoms with Crippen molar-refractivity contribution >= 4 is 35.0 Å². The number of phenolic OH excluding ortho intramolecular Hbond substituents is 1. The normalized spacial score (nSPS) is 15.1. The van der Waals surface area contributed by atoms with E-state index in [0.717, 1.165) is 51.6 Å². The lowest BCUT2D eigenvalue weighted by Gasteiger charge is -2.21. The second kappa shape index (κ2) is 22.8. The molecule has 15 nitrogen and oxygen atoms in total. The van der Waals surface area contributed by atoms with Crippen LogP contribution < -0.4 is 14.2 Å². The molecule has 2 aliphatic rings. The first-order valence-corrected chi connectivity index (χ1v) is 28.2. The fourth-order valence-corrected chi connectivity index (χ4v) is 9.29. The van der Waals surface area contributed by atoms with Crippen LogP contribution in [-0.4, -0.2) is 94.4 Å². The van der Waals surface area contributed by atoms with Gasteiger partial charge in [0.15, 0.2) is 0 Å². The summed E-state index contributed by atoms with van der Waals surface area (Å²) >= 11 is 0. The van der Waals surface area contributed by atoms with Gasteiger partial charge in [-0.1, -0.05) is 45.6 Å². The number of carbonyl (C=O) groups excluding carboxylic acids is 2. The molecule has 0 amide bonds. The number of methoxy groups -OCH3 is 2. The Hall–Kier alpha value is -3.46. The average Bonchev–Trinajstić information content (AvgIpc) is 3.75. The molecule has 0 aromatic heterocycles. The van der Waals surface area contributed by atoms with Gasteiger partial charge in [0.1, 0.15) is 60.0 Å². The Bertz CT molecular complexity index is 2050. The highest BCUT2D eigenvalue weighted by molar-refractivity contribution is 7.57. The quantitative estimate of drug-likeness (QED) is 0.0437. The maximum absolute atomic E-state index is 12.6. The third-order valence-electron chi connectivity index (χ3n) is 10.1. The van der Waals surface area contributed by atoms with Crippen molar-refractivity contribution in [1.82, 2.24) is 0 Å². The molecule has 0 bridgehead atoms. The molecule has 0 aliphatic carbocycles. The molecule has 2 aromatic carbocycles. The Morgan fingerprint density at radius 1 is 0.787 bits per heavy atom. The van der Waals surface area contributed by atoms with Crippen LogP contribution in [0.4, 0.5) is 0 Å². The molecule has 0 spiro atoms. The fourth-order valence-electron chi connectivity index (χ4n) is 6.87. The molecule has 1 atom stereocenters. The zero-order valence-electron chi connectivity index (χ0n) is 37.9. The molecule has 2 heterocycles. The van der Waals surface area contributed by atoms with Gasteiger partial charge in [0.25, 0.3) is 0 Å². The van der Waals surface area contributed by atoms with Gasteiger partial charge in [-0.3, -0.25) is 9.13 Å². The number of fused-ring (bicyclic) bond motifs is 2. The molecule has 0 radical (unpaired) electrons. The van der Waals surface area contributed by atoms with Crippen LogP contribution in [-0.2, 0) is 58.7 Å². The molecule has 342 valence electrons. The first kappa shape index (κ1) is 51.9. The van der Waals surface area contributed by atoms with Crippen molar-refractivity contribution in [3.63, 3.8) is 0 Å². The number of allylic oxidation sites excluding steroid dienone is 2. The van der Waals surface area contributed by atoms with Crippen molar-refractivity contribution in [2.24, 2.45) is 0 Å². The third kappa shape index (κ3) is 14.8. The van der Waals surface area contributed by atoms with Crippen molar-refractivity contribution < 1.29 is 71.3 Å². The maximum Gasteiger partial charge on any atom is 0.350 e. The lowest BCUT2D eigenvalue weighted by Crippen LogP contribution is -2.23. The molecule has 2 aromatic rings. The highest BCUT2D eigenvalue weighted by Crippen LogP contribution is 2.45. The summed E-state index contributed by atoms with van der Waals surface area (Å²) in [5.74, 6) is 0.714. The third-order valence-corrected chi connectivity index (χ3v) is 13.8. The number of carbonyl (C=O) groups is 2. The predicted octanol–water partition coefficient (Wildman–Crippen LogP) is 8.99. The summed E-state index contributed by atoms with van der Waals surface area (Å²) in [6.07, 6.45) is 5.36. The smallest absolute Gasteiger partial charge is 0.350 e. The summed E-state index contributed by atoms with van der Waals surface area (Å²) in [7, 11) is -5.20. The predicted molar refractivity (Wildman–Crippen MR) is 237 cm³/mol. The van der Waals surface area contributed by atoms with Crippen LogP contribution in [0.1, 0.15) is 94.6 Å². The monoisotopic (exact) mass is 912 g/mol. The van der Waals surface area contributed by atoms with Crippen LogP contribution in [0.5, 0.6) is 23.0 Å². The van der Waals surface area contributed by atoms with Crippen molar-refractivity contribution in [2.45, 2.75) is 112 Å². The van der Waals surface area contributed by atoms with Crippen LogP contribution >= 0.6 is 15.0 Å². The number of hydrogen-bond acceptors (Lipinski definition) is 13. The second-order valence-corrected chi connectivity index (χ2v) is 26.3. The van der Waals surface area contributed by atoms with Crippen LogP contribution in [0.25, 0.3) is 0 Å². The number of phenols is 1. The number of rotatable bonds is 22. The lowest BCUT2D eigenvalue weighted by atomic mass is 9.94. The molecule has 3 N–H and O–H groups in total. The minimum atomic E-state index is -4.21. The topological polar surface area (TPSA) is 203 Å². The molecule has 0 saturated carbocycles. The average molecular weight is 913 g/mol. The van der Waals surface area contributed by atoms with Crippen LogP contribution in [0.15, 0.2) is 23.3 Å². The highest BCUT2D eigenvalue weighted by Gasteiger charge is 2.34. The van der Waals surface area contributed by atoms with Crippen molar-refractivity contribution in [1.29, 1.82) is 0 Å². The molecular formula is C43H66O15P2Si. The van der Waals surface area contributed by atoms with E-state index in [2.05, 4.69) is 32.6 Å². The molecule has 0 fully saturated rings. The van der Waals surface area contributed by atoms with Crippen LogP contribution in [0, 0.1) is 13.8 Å². The summed E-state index contributed by atoms with van der Waals surface area (Å²) in [5, 5.41) is 10.5. The summed E-state index contributed by atoms with van der Waals surface area (Å²) in [6, 6.07) is 0.978.